The lowest BCUT2D eigenvalue weighted by Crippen LogP contribution is -2.32. The van der Waals surface area contributed by atoms with E-state index in [1.54, 1.807) is 18.2 Å². The molecule has 0 aliphatic rings. The summed E-state index contributed by atoms with van der Waals surface area (Å²) < 4.78 is 55.7. The van der Waals surface area contributed by atoms with E-state index < -0.39 is 41.3 Å². The maximum Gasteiger partial charge on any atom is 0.251 e. The first-order valence-electron chi connectivity index (χ1n) is 10.7. The first-order chi connectivity index (χ1) is 16.9. The van der Waals surface area contributed by atoms with Crippen molar-refractivity contribution in [3.63, 3.8) is 0 Å². The molecule has 7 heteroatoms. The van der Waals surface area contributed by atoms with E-state index in [4.69, 9.17) is 0 Å². The lowest BCUT2D eigenvalue weighted by molar-refractivity contribution is 0.0930. The summed E-state index contributed by atoms with van der Waals surface area (Å²) in [5.74, 6) is -2.74. The van der Waals surface area contributed by atoms with Crippen molar-refractivity contribution >= 4 is 12.1 Å². The quantitative estimate of drug-likeness (QED) is 0.238. The lowest BCUT2D eigenvalue weighted by atomic mass is 9.93. The van der Waals surface area contributed by atoms with Crippen molar-refractivity contribution in [1.29, 1.82) is 0 Å². The molecule has 2 unspecified atom stereocenters. The Hall–Kier alpha value is -4.26. The van der Waals surface area contributed by atoms with Gasteiger partial charge in [0.05, 0.1) is 12.1 Å². The topological polar surface area (TPSA) is 41.5 Å². The van der Waals surface area contributed by atoms with Crippen LogP contribution in [0.1, 0.15) is 39.1 Å². The first-order valence-corrected chi connectivity index (χ1v) is 10.7. The zero-order chi connectivity index (χ0) is 24.8. The highest BCUT2D eigenvalue weighted by atomic mass is 19.1. The molecule has 0 saturated heterocycles. The van der Waals surface area contributed by atoms with Crippen LogP contribution in [0.2, 0.25) is 0 Å². The Morgan fingerprint density at radius 1 is 0.686 bits per heavy atom. The van der Waals surface area contributed by atoms with Crippen LogP contribution >= 0.6 is 0 Å². The Bertz CT molecular complexity index is 1370. The maximum atomic E-state index is 14.2. The molecule has 0 aromatic heterocycles. The number of benzene rings is 4. The van der Waals surface area contributed by atoms with Crippen molar-refractivity contribution in [2.75, 3.05) is 0 Å². The molecule has 0 heterocycles. The normalized spacial score (nSPS) is 12.9. The van der Waals surface area contributed by atoms with Gasteiger partial charge in [0.1, 0.15) is 23.3 Å². The van der Waals surface area contributed by atoms with Crippen LogP contribution in [0, 0.1) is 23.3 Å². The summed E-state index contributed by atoms with van der Waals surface area (Å²) in [7, 11) is 0. The van der Waals surface area contributed by atoms with Gasteiger partial charge in [0.15, 0.2) is 0 Å². The summed E-state index contributed by atoms with van der Waals surface area (Å²) in [5, 5.41) is 2.79. The number of nitrogens with one attached hydrogen (secondary N) is 1. The third kappa shape index (κ3) is 6.20. The van der Waals surface area contributed by atoms with Gasteiger partial charge in [0.2, 0.25) is 0 Å². The van der Waals surface area contributed by atoms with Gasteiger partial charge in [-0.3, -0.25) is 9.79 Å². The van der Waals surface area contributed by atoms with Crippen molar-refractivity contribution < 1.29 is 22.4 Å². The van der Waals surface area contributed by atoms with Crippen molar-refractivity contribution in [1.82, 2.24) is 5.32 Å². The van der Waals surface area contributed by atoms with Gasteiger partial charge in [-0.2, -0.15) is 0 Å². The Morgan fingerprint density at radius 3 is 1.86 bits per heavy atom. The van der Waals surface area contributed by atoms with Gasteiger partial charge in [0.25, 0.3) is 5.91 Å². The van der Waals surface area contributed by atoms with E-state index in [1.165, 1.54) is 79.0 Å². The van der Waals surface area contributed by atoms with E-state index in [-0.39, 0.29) is 5.56 Å². The number of aliphatic imine (C=N–C) groups is 1. The van der Waals surface area contributed by atoms with Gasteiger partial charge < -0.3 is 5.32 Å². The molecule has 1 amide bonds. The number of rotatable bonds is 7. The molecule has 0 fully saturated rings. The molecule has 2 atom stereocenters. The summed E-state index contributed by atoms with van der Waals surface area (Å²) in [6.45, 7) is 0. The molecule has 0 aliphatic carbocycles. The highest BCUT2D eigenvalue weighted by Crippen LogP contribution is 2.33. The summed E-state index contributed by atoms with van der Waals surface area (Å²) in [4.78, 5) is 17.6. The Balaban J connectivity index is 1.80. The van der Waals surface area contributed by atoms with Gasteiger partial charge in [-0.1, -0.05) is 42.5 Å². The number of carbonyl (C=O) groups excluding carboxylic acids is 1. The molecular formula is C28H20F4N2O. The van der Waals surface area contributed by atoms with E-state index in [0.29, 0.717) is 16.7 Å². The zero-order valence-corrected chi connectivity index (χ0v) is 18.3. The summed E-state index contributed by atoms with van der Waals surface area (Å²) >= 11 is 0. The summed E-state index contributed by atoms with van der Waals surface area (Å²) in [6, 6.07) is 20.1. The second-order valence-corrected chi connectivity index (χ2v) is 7.85. The second kappa shape index (κ2) is 10.8. The predicted octanol–water partition coefficient (Wildman–Crippen LogP) is 6.57. The lowest BCUT2D eigenvalue weighted by Gasteiger charge is -2.26. The van der Waals surface area contributed by atoms with Gasteiger partial charge in [-0.15, -0.1) is 0 Å². The van der Waals surface area contributed by atoms with Crippen LogP contribution in [0.15, 0.2) is 102 Å². The minimum Gasteiger partial charge on any atom is -0.343 e. The largest absolute Gasteiger partial charge is 0.343 e. The molecule has 0 bridgehead atoms. The van der Waals surface area contributed by atoms with Crippen molar-refractivity contribution in [2.24, 2.45) is 4.99 Å². The third-order valence-electron chi connectivity index (χ3n) is 5.32. The fourth-order valence-electron chi connectivity index (χ4n) is 3.71. The minimum absolute atomic E-state index is 0.0542. The zero-order valence-electron chi connectivity index (χ0n) is 18.3. The Kier molecular flexibility index (Phi) is 7.35. The third-order valence-corrected chi connectivity index (χ3v) is 5.32. The molecule has 176 valence electrons. The second-order valence-electron chi connectivity index (χ2n) is 7.85. The maximum absolute atomic E-state index is 14.2. The Labute approximate surface area is 199 Å². The van der Waals surface area contributed by atoms with E-state index in [9.17, 15) is 22.4 Å². The van der Waals surface area contributed by atoms with Crippen molar-refractivity contribution in [3.05, 3.63) is 143 Å². The fraction of sp³-hybridized carbons (Fsp3) is 0.0714. The van der Waals surface area contributed by atoms with Gasteiger partial charge >= 0.3 is 0 Å². The highest BCUT2D eigenvalue weighted by Gasteiger charge is 2.27. The monoisotopic (exact) mass is 476 g/mol. The van der Waals surface area contributed by atoms with Gasteiger partial charge in [-0.05, 0) is 71.3 Å². The minimum atomic E-state index is -0.965. The van der Waals surface area contributed by atoms with Crippen LogP contribution in [0.3, 0.4) is 0 Å². The first kappa shape index (κ1) is 23.9. The average molecular weight is 476 g/mol. The van der Waals surface area contributed by atoms with Gasteiger partial charge in [-0.25, -0.2) is 17.6 Å². The van der Waals surface area contributed by atoms with Crippen LogP contribution < -0.4 is 5.32 Å². The van der Waals surface area contributed by atoms with Crippen molar-refractivity contribution in [2.45, 2.75) is 12.1 Å². The molecule has 35 heavy (non-hydrogen) atoms. The number of hydrogen-bond donors (Lipinski definition) is 1. The van der Waals surface area contributed by atoms with Crippen LogP contribution in [-0.2, 0) is 0 Å². The van der Waals surface area contributed by atoms with Gasteiger partial charge in [0, 0.05) is 11.8 Å². The molecule has 0 aliphatic heterocycles. The number of halogens is 4. The molecule has 3 nitrogen and oxygen atoms in total. The van der Waals surface area contributed by atoms with Crippen LogP contribution in [-0.4, -0.2) is 12.1 Å². The molecule has 4 rings (SSSR count). The predicted molar refractivity (Wildman–Crippen MR) is 126 cm³/mol. The van der Waals surface area contributed by atoms with E-state index >= 15 is 0 Å². The number of carbonyl (C=O) groups is 1. The molecule has 0 saturated carbocycles. The molecule has 0 spiro atoms. The molecule has 4 aromatic carbocycles. The van der Waals surface area contributed by atoms with Crippen molar-refractivity contribution in [3.8, 4) is 0 Å². The fourth-order valence-corrected chi connectivity index (χ4v) is 3.71. The number of hydrogen-bond acceptors (Lipinski definition) is 2. The summed E-state index contributed by atoms with van der Waals surface area (Å²) in [5.41, 5.74) is 1.26. The van der Waals surface area contributed by atoms with E-state index in [2.05, 4.69) is 10.3 Å². The Morgan fingerprint density at radius 2 is 1.23 bits per heavy atom. The van der Waals surface area contributed by atoms with Crippen LogP contribution in [0.4, 0.5) is 17.6 Å². The summed E-state index contributed by atoms with van der Waals surface area (Å²) in [6.07, 6.45) is 1.40. The average Bonchev–Trinajstić information content (AvgIpc) is 2.83. The smallest absolute Gasteiger partial charge is 0.251 e. The number of nitrogens with zero attached hydrogens (tertiary/aromatic N) is 1. The van der Waals surface area contributed by atoms with E-state index in [1.807, 2.05) is 0 Å². The molecule has 1 N–H and O–H groups in total. The molecular weight excluding hydrogens is 456 g/mol. The SMILES string of the molecule is O=C(NC(c1cccc(F)c1)C(/N=C\c1cccc(F)c1)c1cccc(F)c1)c1cccc(F)c1. The number of amides is 1. The molecule has 4 aromatic rings. The standard InChI is InChI=1S/C28H20F4N2O/c29-22-9-1-5-18(13-22)17-33-26(19-6-2-10-23(30)14-19)27(20-7-3-11-24(31)15-20)34-28(35)21-8-4-12-25(32)16-21/h1-17,26-27H,(H,34,35)/b33-17-. The van der Waals surface area contributed by atoms with Crippen LogP contribution in [0.25, 0.3) is 0 Å². The highest BCUT2D eigenvalue weighted by molar-refractivity contribution is 5.94. The molecule has 0 radical (unpaired) electrons. The van der Waals surface area contributed by atoms with Crippen LogP contribution in [0.5, 0.6) is 0 Å². The van der Waals surface area contributed by atoms with E-state index in [0.717, 1.165) is 6.07 Å².